The van der Waals surface area contributed by atoms with E-state index in [9.17, 15) is 10.1 Å². The number of hydrogen-bond acceptors (Lipinski definition) is 4. The van der Waals surface area contributed by atoms with E-state index in [1.165, 1.54) is 12.1 Å². The summed E-state index contributed by atoms with van der Waals surface area (Å²) in [5, 5.41) is 13.5. The van der Waals surface area contributed by atoms with E-state index in [1.807, 2.05) is 0 Å². The molecule has 1 N–H and O–H groups in total. The van der Waals surface area contributed by atoms with Crippen LogP contribution in [-0.2, 0) is 4.74 Å². The van der Waals surface area contributed by atoms with E-state index in [1.54, 1.807) is 0 Å². The first-order valence-corrected chi connectivity index (χ1v) is 6.19. The molecule has 0 fully saturated rings. The predicted molar refractivity (Wildman–Crippen MR) is 68.8 cm³/mol. The average Bonchev–Trinajstić information content (AvgIpc) is 2.21. The standard InChI is InChI=1S/C8H7Br2ClN2O3/c9-6-1-5(13(14)15)2-7(10)8(6)12-4-16-3-11/h1-2,12H,3-4H2. The van der Waals surface area contributed by atoms with E-state index in [0.717, 1.165) is 0 Å². The van der Waals surface area contributed by atoms with E-state index >= 15 is 0 Å². The Morgan fingerprint density at radius 2 is 2.00 bits per heavy atom. The molecule has 0 aliphatic rings. The van der Waals surface area contributed by atoms with Crippen molar-refractivity contribution in [2.75, 3.05) is 18.1 Å². The number of nitrogens with zero attached hydrogens (tertiary/aromatic N) is 1. The second-order valence-electron chi connectivity index (χ2n) is 2.68. The van der Waals surface area contributed by atoms with Crippen LogP contribution in [0.3, 0.4) is 0 Å². The molecule has 0 heterocycles. The summed E-state index contributed by atoms with van der Waals surface area (Å²) in [6.07, 6.45) is 0. The van der Waals surface area contributed by atoms with Crippen molar-refractivity contribution in [3.05, 3.63) is 31.2 Å². The number of halogens is 3. The third kappa shape index (κ3) is 3.58. The van der Waals surface area contributed by atoms with Gasteiger partial charge >= 0.3 is 0 Å². The van der Waals surface area contributed by atoms with Crippen LogP contribution in [0.1, 0.15) is 0 Å². The Bertz CT molecular complexity index is 380. The first kappa shape index (κ1) is 13.7. The minimum absolute atomic E-state index is 0.00237. The van der Waals surface area contributed by atoms with Gasteiger partial charge in [0.1, 0.15) is 12.8 Å². The second-order valence-corrected chi connectivity index (χ2v) is 4.60. The van der Waals surface area contributed by atoms with Crippen LogP contribution < -0.4 is 5.32 Å². The minimum atomic E-state index is -0.464. The van der Waals surface area contributed by atoms with Gasteiger partial charge < -0.3 is 10.1 Å². The van der Waals surface area contributed by atoms with E-state index in [2.05, 4.69) is 37.2 Å². The molecule has 0 unspecified atom stereocenters. The molecule has 88 valence electrons. The Balaban J connectivity index is 2.89. The Hall–Kier alpha value is -0.370. The summed E-state index contributed by atoms with van der Waals surface area (Å²) in [5.74, 6) is 0. The molecule has 0 aromatic heterocycles. The highest BCUT2D eigenvalue weighted by Gasteiger charge is 2.13. The third-order valence-electron chi connectivity index (χ3n) is 1.67. The molecule has 5 nitrogen and oxygen atoms in total. The number of ether oxygens (including phenoxy) is 1. The summed E-state index contributed by atoms with van der Waals surface area (Å²) in [4.78, 5) is 10.1. The minimum Gasteiger partial charge on any atom is -0.361 e. The van der Waals surface area contributed by atoms with Gasteiger partial charge in [0.2, 0.25) is 0 Å². The van der Waals surface area contributed by atoms with Gasteiger partial charge in [-0.15, -0.1) is 0 Å². The second kappa shape index (κ2) is 6.39. The van der Waals surface area contributed by atoms with Gasteiger partial charge in [0.25, 0.3) is 5.69 Å². The summed E-state index contributed by atoms with van der Waals surface area (Å²) in [6, 6.07) is 2.90. The maximum atomic E-state index is 10.6. The van der Waals surface area contributed by atoms with Gasteiger partial charge in [0.05, 0.1) is 10.6 Å². The highest BCUT2D eigenvalue weighted by Crippen LogP contribution is 2.34. The Labute approximate surface area is 114 Å². The molecule has 1 aromatic rings. The molecule has 0 aliphatic heterocycles. The lowest BCUT2D eigenvalue weighted by atomic mass is 10.3. The summed E-state index contributed by atoms with van der Waals surface area (Å²) in [5.41, 5.74) is 0.679. The maximum absolute atomic E-state index is 10.6. The topological polar surface area (TPSA) is 64.4 Å². The Kier molecular flexibility index (Phi) is 5.47. The fourth-order valence-corrected chi connectivity index (χ4v) is 2.52. The van der Waals surface area contributed by atoms with Gasteiger partial charge in [-0.05, 0) is 31.9 Å². The zero-order chi connectivity index (χ0) is 12.1. The average molecular weight is 374 g/mol. The number of non-ortho nitro benzene ring substituents is 1. The highest BCUT2D eigenvalue weighted by molar-refractivity contribution is 9.11. The summed E-state index contributed by atoms with van der Waals surface area (Å²) in [7, 11) is 0. The van der Waals surface area contributed by atoms with Crippen molar-refractivity contribution < 1.29 is 9.66 Å². The zero-order valence-corrected chi connectivity index (χ0v) is 11.8. The normalized spacial score (nSPS) is 10.2. The van der Waals surface area contributed by atoms with Gasteiger partial charge in [-0.25, -0.2) is 0 Å². The molecule has 0 bridgehead atoms. The van der Waals surface area contributed by atoms with E-state index in [4.69, 9.17) is 16.3 Å². The number of benzene rings is 1. The van der Waals surface area contributed by atoms with Crippen LogP contribution in [-0.4, -0.2) is 17.7 Å². The predicted octanol–water partition coefficient (Wildman–Crippen LogP) is 3.70. The molecule has 0 atom stereocenters. The first-order valence-electron chi connectivity index (χ1n) is 4.07. The van der Waals surface area contributed by atoms with Crippen LogP contribution in [0.15, 0.2) is 21.1 Å². The summed E-state index contributed by atoms with van der Waals surface area (Å²) in [6.45, 7) is 0.221. The number of nitro benzene ring substituents is 1. The zero-order valence-electron chi connectivity index (χ0n) is 7.87. The van der Waals surface area contributed by atoms with Crippen LogP contribution in [0.2, 0.25) is 0 Å². The van der Waals surface area contributed by atoms with Crippen molar-refractivity contribution in [1.82, 2.24) is 0 Å². The lowest BCUT2D eigenvalue weighted by molar-refractivity contribution is -0.385. The molecule has 0 aliphatic carbocycles. The fourth-order valence-electron chi connectivity index (χ4n) is 0.996. The van der Waals surface area contributed by atoms with Crippen LogP contribution in [0.5, 0.6) is 0 Å². The van der Waals surface area contributed by atoms with Crippen molar-refractivity contribution in [1.29, 1.82) is 0 Å². The quantitative estimate of drug-likeness (QED) is 0.281. The number of hydrogen-bond donors (Lipinski definition) is 1. The number of alkyl halides is 1. The molecule has 0 saturated heterocycles. The SMILES string of the molecule is O=[N+]([O-])c1cc(Br)c(NCOCCl)c(Br)c1. The molecule has 0 spiro atoms. The lowest BCUT2D eigenvalue weighted by Crippen LogP contribution is -2.06. The molecule has 16 heavy (non-hydrogen) atoms. The molecule has 8 heteroatoms. The van der Waals surface area contributed by atoms with Crippen molar-refractivity contribution in [3.8, 4) is 0 Å². The van der Waals surface area contributed by atoms with Crippen molar-refractivity contribution in [2.24, 2.45) is 0 Å². The van der Waals surface area contributed by atoms with E-state index in [-0.39, 0.29) is 18.5 Å². The molecule has 1 aromatic carbocycles. The van der Waals surface area contributed by atoms with Gasteiger partial charge in [-0.3, -0.25) is 10.1 Å². The van der Waals surface area contributed by atoms with Gasteiger partial charge in [0.15, 0.2) is 0 Å². The molecular weight excluding hydrogens is 367 g/mol. The van der Waals surface area contributed by atoms with Gasteiger partial charge in [-0.2, -0.15) is 0 Å². The van der Waals surface area contributed by atoms with E-state index in [0.29, 0.717) is 14.6 Å². The molecular formula is C8H7Br2ClN2O3. The third-order valence-corrected chi connectivity index (χ3v) is 3.07. The van der Waals surface area contributed by atoms with Crippen molar-refractivity contribution in [2.45, 2.75) is 0 Å². The van der Waals surface area contributed by atoms with E-state index < -0.39 is 4.92 Å². The Morgan fingerprint density at radius 3 is 2.44 bits per heavy atom. The summed E-state index contributed by atoms with van der Waals surface area (Å²) >= 11 is 11.8. The van der Waals surface area contributed by atoms with Crippen LogP contribution in [0.4, 0.5) is 11.4 Å². The number of rotatable bonds is 5. The monoisotopic (exact) mass is 372 g/mol. The number of anilines is 1. The van der Waals surface area contributed by atoms with Crippen LogP contribution in [0, 0.1) is 10.1 Å². The van der Waals surface area contributed by atoms with Gasteiger partial charge in [-0.1, -0.05) is 11.6 Å². The van der Waals surface area contributed by atoms with Gasteiger partial charge in [0, 0.05) is 21.1 Å². The molecule has 0 radical (unpaired) electrons. The summed E-state index contributed by atoms with van der Waals surface area (Å²) < 4.78 is 6.06. The smallest absolute Gasteiger partial charge is 0.271 e. The first-order chi connectivity index (χ1) is 7.56. The molecule has 1 rings (SSSR count). The van der Waals surface area contributed by atoms with Crippen molar-refractivity contribution in [3.63, 3.8) is 0 Å². The largest absolute Gasteiger partial charge is 0.361 e. The number of nitro groups is 1. The lowest BCUT2D eigenvalue weighted by Gasteiger charge is -2.10. The number of nitrogens with one attached hydrogen (secondary N) is 1. The molecule has 0 saturated carbocycles. The maximum Gasteiger partial charge on any atom is 0.271 e. The highest BCUT2D eigenvalue weighted by atomic mass is 79.9. The molecule has 0 amide bonds. The van der Waals surface area contributed by atoms with Crippen LogP contribution >= 0.6 is 43.5 Å². The van der Waals surface area contributed by atoms with Crippen molar-refractivity contribution >= 4 is 54.8 Å². The Morgan fingerprint density at radius 1 is 1.44 bits per heavy atom. The fraction of sp³-hybridized carbons (Fsp3) is 0.250. The van der Waals surface area contributed by atoms with Crippen LogP contribution in [0.25, 0.3) is 0 Å².